The average molecular weight is 311 g/mol. The molecule has 1 aliphatic heterocycles. The second-order valence-corrected chi connectivity index (χ2v) is 5.37. The van der Waals surface area contributed by atoms with Crippen molar-refractivity contribution in [2.45, 2.75) is 12.8 Å². The number of nitrogens with two attached hydrogens (primary N) is 1. The van der Waals surface area contributed by atoms with Gasteiger partial charge < -0.3 is 10.6 Å². The standard InChI is InChI=1S/C13H15BrN2O2/c14-11-6-9(8-17)3-4-12(11)16-5-1-2-10(7-16)13(15)18/h3-4,6,8,10H,1-2,5,7H2,(H2,15,18). The molecule has 2 rings (SSSR count). The lowest BCUT2D eigenvalue weighted by molar-refractivity contribution is -0.122. The number of carbonyl (C=O) groups excluding carboxylic acids is 2. The molecule has 0 aliphatic carbocycles. The summed E-state index contributed by atoms with van der Waals surface area (Å²) >= 11 is 3.46. The molecule has 0 aromatic heterocycles. The minimum atomic E-state index is -0.236. The molecule has 1 atom stereocenters. The van der Waals surface area contributed by atoms with Crippen molar-refractivity contribution in [1.29, 1.82) is 0 Å². The van der Waals surface area contributed by atoms with Crippen LogP contribution < -0.4 is 10.6 Å². The molecular formula is C13H15BrN2O2. The van der Waals surface area contributed by atoms with E-state index >= 15 is 0 Å². The first-order chi connectivity index (χ1) is 8.61. The van der Waals surface area contributed by atoms with Gasteiger partial charge in [0.05, 0.1) is 11.6 Å². The van der Waals surface area contributed by atoms with Gasteiger partial charge in [0, 0.05) is 23.1 Å². The quantitative estimate of drug-likeness (QED) is 0.868. The lowest BCUT2D eigenvalue weighted by Gasteiger charge is -2.33. The molecule has 4 nitrogen and oxygen atoms in total. The number of halogens is 1. The first-order valence-electron chi connectivity index (χ1n) is 5.91. The number of hydrogen-bond donors (Lipinski definition) is 1. The average Bonchev–Trinajstić information content (AvgIpc) is 2.38. The molecule has 1 aliphatic rings. The monoisotopic (exact) mass is 310 g/mol. The van der Waals surface area contributed by atoms with Crippen LogP contribution in [-0.2, 0) is 4.79 Å². The summed E-state index contributed by atoms with van der Waals surface area (Å²) in [5.74, 6) is -0.322. The van der Waals surface area contributed by atoms with Crippen LogP contribution in [0.25, 0.3) is 0 Å². The number of anilines is 1. The van der Waals surface area contributed by atoms with E-state index in [4.69, 9.17) is 5.73 Å². The fourth-order valence-electron chi connectivity index (χ4n) is 2.28. The molecule has 18 heavy (non-hydrogen) atoms. The van der Waals surface area contributed by atoms with E-state index < -0.39 is 0 Å². The molecule has 0 spiro atoms. The smallest absolute Gasteiger partial charge is 0.222 e. The second kappa shape index (κ2) is 5.52. The van der Waals surface area contributed by atoms with Crippen molar-refractivity contribution in [3.63, 3.8) is 0 Å². The largest absolute Gasteiger partial charge is 0.370 e. The van der Waals surface area contributed by atoms with Gasteiger partial charge in [-0.25, -0.2) is 0 Å². The highest BCUT2D eigenvalue weighted by Gasteiger charge is 2.25. The number of rotatable bonds is 3. The van der Waals surface area contributed by atoms with Crippen molar-refractivity contribution in [1.82, 2.24) is 0 Å². The minimum Gasteiger partial charge on any atom is -0.370 e. The van der Waals surface area contributed by atoms with E-state index in [0.717, 1.165) is 35.8 Å². The Bertz CT molecular complexity index is 476. The van der Waals surface area contributed by atoms with Crippen molar-refractivity contribution < 1.29 is 9.59 Å². The maximum Gasteiger partial charge on any atom is 0.222 e. The Kier molecular flexibility index (Phi) is 4.01. The summed E-state index contributed by atoms with van der Waals surface area (Å²) in [5.41, 5.74) is 7.01. The summed E-state index contributed by atoms with van der Waals surface area (Å²) in [6.45, 7) is 1.55. The van der Waals surface area contributed by atoms with Crippen LogP contribution in [0.1, 0.15) is 23.2 Å². The Morgan fingerprint density at radius 3 is 2.89 bits per heavy atom. The van der Waals surface area contributed by atoms with Crippen LogP contribution in [0.15, 0.2) is 22.7 Å². The Morgan fingerprint density at radius 1 is 1.50 bits per heavy atom. The zero-order chi connectivity index (χ0) is 13.1. The minimum absolute atomic E-state index is 0.0867. The van der Waals surface area contributed by atoms with Crippen LogP contribution >= 0.6 is 15.9 Å². The van der Waals surface area contributed by atoms with Crippen LogP contribution in [0.5, 0.6) is 0 Å². The maximum absolute atomic E-state index is 11.3. The molecule has 1 amide bonds. The first-order valence-corrected chi connectivity index (χ1v) is 6.70. The molecule has 0 radical (unpaired) electrons. The van der Waals surface area contributed by atoms with E-state index in [9.17, 15) is 9.59 Å². The van der Waals surface area contributed by atoms with E-state index in [-0.39, 0.29) is 11.8 Å². The number of carbonyl (C=O) groups is 2. The molecule has 96 valence electrons. The van der Waals surface area contributed by atoms with Crippen LogP contribution in [0, 0.1) is 5.92 Å². The van der Waals surface area contributed by atoms with Gasteiger partial charge >= 0.3 is 0 Å². The Hall–Kier alpha value is -1.36. The fourth-order valence-corrected chi connectivity index (χ4v) is 2.93. The number of amides is 1. The third kappa shape index (κ3) is 2.72. The van der Waals surface area contributed by atoms with Gasteiger partial charge in [-0.05, 0) is 47.0 Å². The number of aldehydes is 1. The van der Waals surface area contributed by atoms with Gasteiger partial charge in [-0.1, -0.05) is 0 Å². The number of benzene rings is 1. The molecule has 2 N–H and O–H groups in total. The molecule has 0 saturated carbocycles. The number of primary amides is 1. The number of hydrogen-bond acceptors (Lipinski definition) is 3. The van der Waals surface area contributed by atoms with Crippen LogP contribution in [0.2, 0.25) is 0 Å². The van der Waals surface area contributed by atoms with Gasteiger partial charge in [0.25, 0.3) is 0 Å². The summed E-state index contributed by atoms with van der Waals surface area (Å²) in [7, 11) is 0. The zero-order valence-corrected chi connectivity index (χ0v) is 11.5. The Labute approximate surface area is 114 Å². The van der Waals surface area contributed by atoms with Crippen molar-refractivity contribution in [2.75, 3.05) is 18.0 Å². The first kappa shape index (κ1) is 13.1. The predicted molar refractivity (Wildman–Crippen MR) is 73.7 cm³/mol. The van der Waals surface area contributed by atoms with Gasteiger partial charge in [-0.3, -0.25) is 9.59 Å². The molecule has 1 aromatic rings. The zero-order valence-electron chi connectivity index (χ0n) is 9.93. The molecule has 1 aromatic carbocycles. The van der Waals surface area contributed by atoms with E-state index in [0.29, 0.717) is 12.1 Å². The highest BCUT2D eigenvalue weighted by molar-refractivity contribution is 9.10. The van der Waals surface area contributed by atoms with Crippen LogP contribution in [-0.4, -0.2) is 25.3 Å². The molecule has 1 unspecified atom stereocenters. The summed E-state index contributed by atoms with van der Waals surface area (Å²) in [4.78, 5) is 24.1. The van der Waals surface area contributed by atoms with Crippen LogP contribution in [0.4, 0.5) is 5.69 Å². The van der Waals surface area contributed by atoms with E-state index in [1.807, 2.05) is 6.07 Å². The van der Waals surface area contributed by atoms with Gasteiger partial charge in [0.15, 0.2) is 0 Å². The number of piperidine rings is 1. The molecule has 5 heteroatoms. The topological polar surface area (TPSA) is 63.4 Å². The molecule has 0 bridgehead atoms. The maximum atomic E-state index is 11.3. The van der Waals surface area contributed by atoms with Crippen molar-refractivity contribution in [2.24, 2.45) is 11.7 Å². The summed E-state index contributed by atoms with van der Waals surface area (Å²) in [6.07, 6.45) is 2.63. The Morgan fingerprint density at radius 2 is 2.28 bits per heavy atom. The molecular weight excluding hydrogens is 296 g/mol. The van der Waals surface area contributed by atoms with Gasteiger partial charge in [-0.2, -0.15) is 0 Å². The van der Waals surface area contributed by atoms with E-state index in [1.165, 1.54) is 0 Å². The van der Waals surface area contributed by atoms with Gasteiger partial charge in [0.2, 0.25) is 5.91 Å². The SMILES string of the molecule is NC(=O)C1CCCN(c2ccc(C=O)cc2Br)C1. The van der Waals surface area contributed by atoms with E-state index in [2.05, 4.69) is 20.8 Å². The summed E-state index contributed by atoms with van der Waals surface area (Å²) in [5, 5.41) is 0. The molecule has 1 fully saturated rings. The van der Waals surface area contributed by atoms with Gasteiger partial charge in [0.1, 0.15) is 6.29 Å². The lowest BCUT2D eigenvalue weighted by atomic mass is 9.97. The third-order valence-electron chi connectivity index (χ3n) is 3.27. The molecule has 1 heterocycles. The van der Waals surface area contributed by atoms with Crippen molar-refractivity contribution in [3.05, 3.63) is 28.2 Å². The normalized spacial score (nSPS) is 19.6. The van der Waals surface area contributed by atoms with E-state index in [1.54, 1.807) is 12.1 Å². The highest BCUT2D eigenvalue weighted by Crippen LogP contribution is 2.30. The second-order valence-electron chi connectivity index (χ2n) is 4.52. The van der Waals surface area contributed by atoms with Crippen molar-refractivity contribution in [3.8, 4) is 0 Å². The highest BCUT2D eigenvalue weighted by atomic mass is 79.9. The Balaban J connectivity index is 2.20. The molecule has 1 saturated heterocycles. The summed E-state index contributed by atoms with van der Waals surface area (Å²) < 4.78 is 0.872. The summed E-state index contributed by atoms with van der Waals surface area (Å²) in [6, 6.07) is 5.47. The lowest BCUT2D eigenvalue weighted by Crippen LogP contribution is -2.41. The van der Waals surface area contributed by atoms with Crippen molar-refractivity contribution >= 4 is 33.8 Å². The predicted octanol–water partition coefficient (Wildman–Crippen LogP) is 1.96. The van der Waals surface area contributed by atoms with Gasteiger partial charge in [-0.15, -0.1) is 0 Å². The van der Waals surface area contributed by atoms with Crippen LogP contribution in [0.3, 0.4) is 0 Å². The number of nitrogens with zero attached hydrogens (tertiary/aromatic N) is 1. The fraction of sp³-hybridized carbons (Fsp3) is 0.385. The third-order valence-corrected chi connectivity index (χ3v) is 3.91.